The van der Waals surface area contributed by atoms with Crippen molar-refractivity contribution in [1.29, 1.82) is 0 Å². The van der Waals surface area contributed by atoms with Gasteiger partial charge in [-0.2, -0.15) is 0 Å². The van der Waals surface area contributed by atoms with Crippen molar-refractivity contribution in [3.8, 4) is 0 Å². The van der Waals surface area contributed by atoms with Crippen molar-refractivity contribution < 1.29 is 14.3 Å². The highest BCUT2D eigenvalue weighted by molar-refractivity contribution is 5.95. The summed E-state index contributed by atoms with van der Waals surface area (Å²) >= 11 is 0. The van der Waals surface area contributed by atoms with Gasteiger partial charge >= 0.3 is 0 Å². The number of amides is 1. The van der Waals surface area contributed by atoms with Crippen molar-refractivity contribution in [2.45, 2.75) is 31.7 Å². The number of nitrogens with zero attached hydrogens (tertiary/aromatic N) is 1. The molecule has 2 rings (SSSR count). The molecular formula is C14H19FN2O2. The van der Waals surface area contributed by atoms with Crippen LogP contribution >= 0.6 is 0 Å². The van der Waals surface area contributed by atoms with Crippen LogP contribution in [0.3, 0.4) is 0 Å². The molecule has 0 radical (unpaired) electrons. The van der Waals surface area contributed by atoms with Crippen molar-refractivity contribution in [2.24, 2.45) is 0 Å². The number of halogens is 1. The Hall–Kier alpha value is -1.62. The molecule has 0 heterocycles. The normalized spacial score (nSPS) is 15.1. The Morgan fingerprint density at radius 2 is 2.21 bits per heavy atom. The Bertz CT molecular complexity index is 461. The zero-order valence-electron chi connectivity index (χ0n) is 10.8. The van der Waals surface area contributed by atoms with Gasteiger partial charge in [0.25, 0.3) is 5.91 Å². The van der Waals surface area contributed by atoms with Crippen molar-refractivity contribution in [2.75, 3.05) is 18.9 Å². The number of nitrogens with two attached hydrogens (primary N) is 1. The van der Waals surface area contributed by atoms with Crippen LogP contribution in [-0.2, 0) is 0 Å². The number of hydrogen-bond donors (Lipinski definition) is 2. The van der Waals surface area contributed by atoms with Gasteiger partial charge in [-0.1, -0.05) is 0 Å². The molecule has 4 nitrogen and oxygen atoms in total. The van der Waals surface area contributed by atoms with Gasteiger partial charge in [0.15, 0.2) is 0 Å². The Kier molecular flexibility index (Phi) is 4.37. The minimum Gasteiger partial charge on any atom is -0.399 e. The summed E-state index contributed by atoms with van der Waals surface area (Å²) in [4.78, 5) is 14.1. The van der Waals surface area contributed by atoms with Crippen LogP contribution in [0.25, 0.3) is 0 Å². The fourth-order valence-corrected chi connectivity index (χ4v) is 2.25. The number of carbonyl (C=O) groups excluding carboxylic acids is 1. The first-order valence-corrected chi connectivity index (χ1v) is 6.60. The van der Waals surface area contributed by atoms with Gasteiger partial charge in [-0.25, -0.2) is 4.39 Å². The fraction of sp³-hybridized carbons (Fsp3) is 0.500. The summed E-state index contributed by atoms with van der Waals surface area (Å²) in [6.07, 6.45) is 3.49. The minimum atomic E-state index is -0.549. The first-order valence-electron chi connectivity index (χ1n) is 6.60. The van der Waals surface area contributed by atoms with Crippen LogP contribution < -0.4 is 5.73 Å². The lowest BCUT2D eigenvalue weighted by molar-refractivity contribution is 0.0558. The average molecular weight is 266 g/mol. The highest BCUT2D eigenvalue weighted by atomic mass is 19.1. The molecule has 1 aromatic rings. The maximum atomic E-state index is 13.7. The quantitative estimate of drug-likeness (QED) is 0.798. The molecule has 0 aromatic heterocycles. The van der Waals surface area contributed by atoms with Crippen LogP contribution in [0.1, 0.15) is 36.0 Å². The molecular weight excluding hydrogens is 247 g/mol. The fourth-order valence-electron chi connectivity index (χ4n) is 2.25. The molecule has 104 valence electrons. The summed E-state index contributed by atoms with van der Waals surface area (Å²) in [5, 5.41) is 8.91. The van der Waals surface area contributed by atoms with Gasteiger partial charge in [-0.3, -0.25) is 4.79 Å². The number of rotatable bonds is 5. The van der Waals surface area contributed by atoms with E-state index in [2.05, 4.69) is 0 Å². The second kappa shape index (κ2) is 6.02. The molecule has 0 unspecified atom stereocenters. The average Bonchev–Trinajstić information content (AvgIpc) is 2.34. The topological polar surface area (TPSA) is 66.6 Å². The minimum absolute atomic E-state index is 0.0184. The van der Waals surface area contributed by atoms with E-state index in [1.807, 2.05) is 0 Å². The van der Waals surface area contributed by atoms with Crippen LogP contribution in [0.15, 0.2) is 18.2 Å². The van der Waals surface area contributed by atoms with E-state index < -0.39 is 5.82 Å². The monoisotopic (exact) mass is 266 g/mol. The van der Waals surface area contributed by atoms with Crippen LogP contribution in [0.2, 0.25) is 0 Å². The SMILES string of the molecule is Nc1ccc(F)c(C(=O)N(CCCO)C2CCC2)c1. The maximum Gasteiger partial charge on any atom is 0.257 e. The van der Waals surface area contributed by atoms with E-state index in [4.69, 9.17) is 10.8 Å². The van der Waals surface area contributed by atoms with Gasteiger partial charge in [-0.05, 0) is 43.9 Å². The third-order valence-corrected chi connectivity index (χ3v) is 3.55. The van der Waals surface area contributed by atoms with Gasteiger partial charge in [0.1, 0.15) is 5.82 Å². The first-order chi connectivity index (χ1) is 9.13. The third-order valence-electron chi connectivity index (χ3n) is 3.55. The van der Waals surface area contributed by atoms with Crippen molar-refractivity contribution in [3.63, 3.8) is 0 Å². The molecule has 1 aliphatic rings. The van der Waals surface area contributed by atoms with Crippen LogP contribution in [-0.4, -0.2) is 35.1 Å². The van der Waals surface area contributed by atoms with Crippen LogP contribution in [0.4, 0.5) is 10.1 Å². The molecule has 0 bridgehead atoms. The number of nitrogen functional groups attached to an aromatic ring is 1. The molecule has 3 N–H and O–H groups in total. The number of aliphatic hydroxyl groups is 1. The summed E-state index contributed by atoms with van der Waals surface area (Å²) in [5.41, 5.74) is 6.00. The summed E-state index contributed by atoms with van der Waals surface area (Å²) in [6, 6.07) is 4.20. The Morgan fingerprint density at radius 1 is 1.47 bits per heavy atom. The highest BCUT2D eigenvalue weighted by Gasteiger charge is 2.30. The van der Waals surface area contributed by atoms with E-state index >= 15 is 0 Å². The van der Waals surface area contributed by atoms with Gasteiger partial charge < -0.3 is 15.7 Å². The van der Waals surface area contributed by atoms with Gasteiger partial charge in [-0.15, -0.1) is 0 Å². The Labute approximate surface area is 112 Å². The predicted molar refractivity (Wildman–Crippen MR) is 71.2 cm³/mol. The van der Waals surface area contributed by atoms with E-state index in [-0.39, 0.29) is 24.1 Å². The predicted octanol–water partition coefficient (Wildman–Crippen LogP) is 1.79. The van der Waals surface area contributed by atoms with Gasteiger partial charge in [0.05, 0.1) is 5.56 Å². The largest absolute Gasteiger partial charge is 0.399 e. The van der Waals surface area contributed by atoms with E-state index in [1.165, 1.54) is 18.2 Å². The molecule has 1 amide bonds. The number of benzene rings is 1. The Balaban J connectivity index is 2.19. The summed E-state index contributed by atoms with van der Waals surface area (Å²) in [7, 11) is 0. The molecule has 0 aliphatic heterocycles. The lowest BCUT2D eigenvalue weighted by atomic mass is 9.90. The number of carbonyl (C=O) groups is 1. The third kappa shape index (κ3) is 3.04. The number of hydrogen-bond acceptors (Lipinski definition) is 3. The smallest absolute Gasteiger partial charge is 0.257 e. The molecule has 1 aromatic carbocycles. The van der Waals surface area contributed by atoms with E-state index in [9.17, 15) is 9.18 Å². The maximum absolute atomic E-state index is 13.7. The molecule has 1 saturated carbocycles. The zero-order valence-corrected chi connectivity index (χ0v) is 10.8. The standard InChI is InChI=1S/C14H19FN2O2/c15-13-6-5-10(16)9-12(13)14(19)17(7-2-8-18)11-3-1-4-11/h5-6,9,11,18H,1-4,7-8,16H2. The second-order valence-corrected chi connectivity index (χ2v) is 4.90. The van der Waals surface area contributed by atoms with Crippen molar-refractivity contribution in [3.05, 3.63) is 29.6 Å². The summed E-state index contributed by atoms with van der Waals surface area (Å²) in [5.74, 6) is -0.879. The van der Waals surface area contributed by atoms with Crippen molar-refractivity contribution in [1.82, 2.24) is 4.90 Å². The van der Waals surface area contributed by atoms with Gasteiger partial charge in [0, 0.05) is 24.9 Å². The lowest BCUT2D eigenvalue weighted by Gasteiger charge is -2.37. The first kappa shape index (κ1) is 13.8. The summed E-state index contributed by atoms with van der Waals surface area (Å²) in [6.45, 7) is 0.476. The zero-order chi connectivity index (χ0) is 13.8. The molecule has 0 saturated heterocycles. The van der Waals surface area contributed by atoms with E-state index in [0.29, 0.717) is 18.7 Å². The van der Waals surface area contributed by atoms with Gasteiger partial charge in [0.2, 0.25) is 0 Å². The molecule has 1 fully saturated rings. The molecule has 0 spiro atoms. The molecule has 0 atom stereocenters. The number of anilines is 1. The second-order valence-electron chi connectivity index (χ2n) is 4.90. The highest BCUT2D eigenvalue weighted by Crippen LogP contribution is 2.27. The molecule has 19 heavy (non-hydrogen) atoms. The van der Waals surface area contributed by atoms with Crippen LogP contribution in [0.5, 0.6) is 0 Å². The Morgan fingerprint density at radius 3 is 2.79 bits per heavy atom. The van der Waals surface area contributed by atoms with Crippen LogP contribution in [0, 0.1) is 5.82 Å². The van der Waals surface area contributed by atoms with E-state index in [1.54, 1.807) is 4.90 Å². The molecule has 1 aliphatic carbocycles. The number of aliphatic hydroxyl groups excluding tert-OH is 1. The lowest BCUT2D eigenvalue weighted by Crippen LogP contribution is -2.45. The summed E-state index contributed by atoms with van der Waals surface area (Å²) < 4.78 is 13.7. The van der Waals surface area contributed by atoms with E-state index in [0.717, 1.165) is 19.3 Å². The molecule has 5 heteroatoms. The van der Waals surface area contributed by atoms with Crippen molar-refractivity contribution >= 4 is 11.6 Å².